The van der Waals surface area contributed by atoms with Gasteiger partial charge in [-0.3, -0.25) is 14.5 Å². The van der Waals surface area contributed by atoms with Crippen molar-refractivity contribution in [2.24, 2.45) is 0 Å². The SMILES string of the molecule is COc1ccc(CCN2C(=O)N[C@H](CCC(=O)NCc3ccc4c(c3)OCO4)C2=O)cc1. The number of ether oxygens (including phenoxy) is 3. The summed E-state index contributed by atoms with van der Waals surface area (Å²) in [5.41, 5.74) is 1.88. The molecule has 0 radical (unpaired) electrons. The monoisotopic (exact) mass is 439 g/mol. The zero-order valence-corrected chi connectivity index (χ0v) is 17.8. The fraction of sp³-hybridized carbons (Fsp3) is 0.348. The van der Waals surface area contributed by atoms with Gasteiger partial charge in [-0.1, -0.05) is 18.2 Å². The third-order valence-corrected chi connectivity index (χ3v) is 5.48. The number of urea groups is 1. The van der Waals surface area contributed by atoms with E-state index in [9.17, 15) is 14.4 Å². The molecule has 4 amide bonds. The number of rotatable bonds is 9. The lowest BCUT2D eigenvalue weighted by atomic mass is 10.1. The van der Waals surface area contributed by atoms with Gasteiger partial charge in [0.15, 0.2) is 11.5 Å². The molecule has 9 nitrogen and oxygen atoms in total. The zero-order valence-electron chi connectivity index (χ0n) is 17.8. The Morgan fingerprint density at radius 1 is 1.12 bits per heavy atom. The summed E-state index contributed by atoms with van der Waals surface area (Å²) in [5, 5.41) is 5.50. The summed E-state index contributed by atoms with van der Waals surface area (Å²) in [6, 6.07) is 11.9. The molecule has 2 aliphatic heterocycles. The second kappa shape index (κ2) is 9.59. The molecule has 9 heteroatoms. The van der Waals surface area contributed by atoms with Gasteiger partial charge in [0, 0.05) is 19.5 Å². The van der Waals surface area contributed by atoms with E-state index in [0.717, 1.165) is 16.9 Å². The van der Waals surface area contributed by atoms with Crippen molar-refractivity contribution in [2.45, 2.75) is 31.8 Å². The molecule has 0 aromatic heterocycles. The highest BCUT2D eigenvalue weighted by molar-refractivity contribution is 6.04. The topological polar surface area (TPSA) is 106 Å². The number of nitrogens with one attached hydrogen (secondary N) is 2. The molecule has 2 aromatic carbocycles. The molecule has 1 fully saturated rings. The lowest BCUT2D eigenvalue weighted by Crippen LogP contribution is -2.34. The van der Waals surface area contributed by atoms with Crippen LogP contribution in [-0.2, 0) is 22.6 Å². The third kappa shape index (κ3) is 4.93. The van der Waals surface area contributed by atoms with Crippen molar-refractivity contribution in [2.75, 3.05) is 20.4 Å². The van der Waals surface area contributed by atoms with E-state index in [-0.39, 0.29) is 38.0 Å². The molecule has 0 saturated carbocycles. The Morgan fingerprint density at radius 2 is 1.88 bits per heavy atom. The summed E-state index contributed by atoms with van der Waals surface area (Å²) >= 11 is 0. The Balaban J connectivity index is 1.21. The Morgan fingerprint density at radius 3 is 2.66 bits per heavy atom. The predicted octanol–water partition coefficient (Wildman–Crippen LogP) is 1.98. The summed E-state index contributed by atoms with van der Waals surface area (Å²) in [6.45, 7) is 0.821. The van der Waals surface area contributed by atoms with E-state index in [4.69, 9.17) is 14.2 Å². The zero-order chi connectivity index (χ0) is 22.5. The fourth-order valence-corrected chi connectivity index (χ4v) is 3.63. The van der Waals surface area contributed by atoms with E-state index in [1.165, 1.54) is 4.90 Å². The molecule has 4 rings (SSSR count). The van der Waals surface area contributed by atoms with Crippen molar-refractivity contribution >= 4 is 17.8 Å². The Labute approximate surface area is 185 Å². The van der Waals surface area contributed by atoms with E-state index in [1.54, 1.807) is 13.2 Å². The standard InChI is InChI=1S/C23H25N3O6/c1-30-17-5-2-15(3-6-17)10-11-26-22(28)18(25-23(26)29)7-9-21(27)24-13-16-4-8-19-20(12-16)32-14-31-19/h2-6,8,12,18H,7,9-11,13-14H2,1H3,(H,24,27)(H,25,29)/t18-/m1/s1. The van der Waals surface area contributed by atoms with Gasteiger partial charge in [0.25, 0.3) is 5.91 Å². The maximum Gasteiger partial charge on any atom is 0.324 e. The van der Waals surface area contributed by atoms with E-state index < -0.39 is 12.1 Å². The van der Waals surface area contributed by atoms with Crippen molar-refractivity contribution in [1.29, 1.82) is 0 Å². The van der Waals surface area contributed by atoms with Gasteiger partial charge in [0.2, 0.25) is 12.7 Å². The molecule has 2 aromatic rings. The molecule has 2 N–H and O–H groups in total. The Hall–Kier alpha value is -3.75. The highest BCUT2D eigenvalue weighted by atomic mass is 16.7. The number of carbonyl (C=O) groups is 3. The summed E-state index contributed by atoms with van der Waals surface area (Å²) in [5.74, 6) is 1.60. The van der Waals surface area contributed by atoms with Crippen LogP contribution < -0.4 is 24.8 Å². The van der Waals surface area contributed by atoms with Crippen molar-refractivity contribution in [3.63, 3.8) is 0 Å². The minimum Gasteiger partial charge on any atom is -0.497 e. The van der Waals surface area contributed by atoms with Crippen LogP contribution in [0.15, 0.2) is 42.5 Å². The van der Waals surface area contributed by atoms with Crippen LogP contribution in [0.3, 0.4) is 0 Å². The maximum atomic E-state index is 12.6. The number of hydrogen-bond donors (Lipinski definition) is 2. The smallest absolute Gasteiger partial charge is 0.324 e. The van der Waals surface area contributed by atoms with Gasteiger partial charge in [-0.15, -0.1) is 0 Å². The number of methoxy groups -OCH3 is 1. The Bertz CT molecular complexity index is 1010. The van der Waals surface area contributed by atoms with E-state index in [1.807, 2.05) is 36.4 Å². The average Bonchev–Trinajstić information content (AvgIpc) is 3.38. The van der Waals surface area contributed by atoms with Crippen LogP contribution in [0.2, 0.25) is 0 Å². The average molecular weight is 439 g/mol. The van der Waals surface area contributed by atoms with E-state index in [2.05, 4.69) is 10.6 Å². The van der Waals surface area contributed by atoms with Crippen LogP contribution in [0, 0.1) is 0 Å². The van der Waals surface area contributed by atoms with Crippen molar-refractivity contribution in [1.82, 2.24) is 15.5 Å². The van der Waals surface area contributed by atoms with Crippen LogP contribution in [0.1, 0.15) is 24.0 Å². The summed E-state index contributed by atoms with van der Waals surface area (Å²) < 4.78 is 15.7. The number of hydrogen-bond acceptors (Lipinski definition) is 6. The van der Waals surface area contributed by atoms with Crippen molar-refractivity contribution < 1.29 is 28.6 Å². The molecular weight excluding hydrogens is 414 g/mol. The van der Waals surface area contributed by atoms with Gasteiger partial charge in [-0.25, -0.2) is 4.79 Å². The molecule has 0 spiro atoms. The first-order valence-corrected chi connectivity index (χ1v) is 10.4. The minimum absolute atomic E-state index is 0.132. The molecule has 1 saturated heterocycles. The first kappa shape index (κ1) is 21.5. The molecule has 32 heavy (non-hydrogen) atoms. The summed E-state index contributed by atoms with van der Waals surface area (Å²) in [7, 11) is 1.60. The lowest BCUT2D eigenvalue weighted by molar-refractivity contribution is -0.127. The number of amides is 4. The molecule has 0 aliphatic carbocycles. The Kier molecular flexibility index (Phi) is 6.44. The molecule has 2 aliphatic rings. The second-order valence-corrected chi connectivity index (χ2v) is 7.59. The van der Waals surface area contributed by atoms with Gasteiger partial charge in [0.1, 0.15) is 11.8 Å². The molecule has 0 unspecified atom stereocenters. The maximum absolute atomic E-state index is 12.6. The van der Waals surface area contributed by atoms with Gasteiger partial charge >= 0.3 is 6.03 Å². The van der Waals surface area contributed by atoms with Crippen LogP contribution in [0.5, 0.6) is 17.2 Å². The highest BCUT2D eigenvalue weighted by Gasteiger charge is 2.37. The third-order valence-electron chi connectivity index (χ3n) is 5.48. The molecular formula is C23H25N3O6. The van der Waals surface area contributed by atoms with Gasteiger partial charge in [-0.05, 0) is 48.2 Å². The summed E-state index contributed by atoms with van der Waals surface area (Å²) in [6.07, 6.45) is 0.927. The minimum atomic E-state index is -0.685. The van der Waals surface area contributed by atoms with Gasteiger partial charge in [0.05, 0.1) is 7.11 Å². The molecule has 168 valence electrons. The number of imide groups is 1. The van der Waals surface area contributed by atoms with Gasteiger partial charge < -0.3 is 24.8 Å². The van der Waals surface area contributed by atoms with Gasteiger partial charge in [-0.2, -0.15) is 0 Å². The first-order chi connectivity index (χ1) is 15.5. The molecule has 0 bridgehead atoms. The van der Waals surface area contributed by atoms with E-state index >= 15 is 0 Å². The lowest BCUT2D eigenvalue weighted by Gasteiger charge is -2.13. The summed E-state index contributed by atoms with van der Waals surface area (Å²) in [4.78, 5) is 38.3. The van der Waals surface area contributed by atoms with Crippen LogP contribution >= 0.6 is 0 Å². The first-order valence-electron chi connectivity index (χ1n) is 10.4. The quantitative estimate of drug-likeness (QED) is 0.579. The largest absolute Gasteiger partial charge is 0.497 e. The second-order valence-electron chi connectivity index (χ2n) is 7.59. The van der Waals surface area contributed by atoms with Crippen LogP contribution in [0.4, 0.5) is 4.79 Å². The number of fused-ring (bicyclic) bond motifs is 1. The number of benzene rings is 2. The van der Waals surface area contributed by atoms with Crippen LogP contribution in [-0.4, -0.2) is 49.2 Å². The van der Waals surface area contributed by atoms with Crippen LogP contribution in [0.25, 0.3) is 0 Å². The number of carbonyl (C=O) groups excluding carboxylic acids is 3. The van der Waals surface area contributed by atoms with Crippen molar-refractivity contribution in [3.05, 3.63) is 53.6 Å². The fourth-order valence-electron chi connectivity index (χ4n) is 3.63. The molecule has 2 heterocycles. The van der Waals surface area contributed by atoms with E-state index in [0.29, 0.717) is 24.5 Å². The highest BCUT2D eigenvalue weighted by Crippen LogP contribution is 2.32. The van der Waals surface area contributed by atoms with Crippen molar-refractivity contribution in [3.8, 4) is 17.2 Å². The number of nitrogens with zero attached hydrogens (tertiary/aromatic N) is 1. The normalized spacial score (nSPS) is 16.8. The molecule has 1 atom stereocenters. The predicted molar refractivity (Wildman–Crippen MR) is 114 cm³/mol.